The third-order valence-electron chi connectivity index (χ3n) is 8.40. The van der Waals surface area contributed by atoms with E-state index < -0.39 is 30.6 Å². The molecule has 3 aromatic rings. The smallest absolute Gasteiger partial charge is 0.319 e. The summed E-state index contributed by atoms with van der Waals surface area (Å²) in [6.07, 6.45) is 0. The first-order valence-corrected chi connectivity index (χ1v) is 17.2. The van der Waals surface area contributed by atoms with E-state index in [-0.39, 0.29) is 58.9 Å². The molecule has 270 valence electrons. The Morgan fingerprint density at radius 1 is 0.660 bits per heavy atom. The Balaban J connectivity index is 0.00000867. The van der Waals surface area contributed by atoms with Gasteiger partial charge in [0.25, 0.3) is 6.47 Å². The molecule has 0 aliphatic carbocycles. The quantitative estimate of drug-likeness (QED) is 0.0624. The maximum atomic E-state index is 15.3. The predicted molar refractivity (Wildman–Crippen MR) is 190 cm³/mol. The number of benzene rings is 3. The van der Waals surface area contributed by atoms with E-state index in [1.165, 1.54) is 21.3 Å². The molecule has 0 atom stereocenters. The van der Waals surface area contributed by atoms with Crippen LogP contribution in [-0.2, 0) is 55.8 Å². The monoisotopic (exact) mass is 710 g/mol. The maximum Gasteiger partial charge on any atom is 0.319 e. The van der Waals surface area contributed by atoms with Gasteiger partial charge in [0.1, 0.15) is 6.61 Å². The molecule has 3 rings (SSSR count). The van der Waals surface area contributed by atoms with E-state index in [4.69, 9.17) is 18.9 Å². The molecule has 0 fully saturated rings. The minimum Gasteiger partial charge on any atom is -0.468 e. The van der Waals surface area contributed by atoms with Crippen molar-refractivity contribution in [1.82, 2.24) is 9.80 Å². The van der Waals surface area contributed by atoms with Crippen LogP contribution in [0, 0.1) is 20.8 Å². The van der Waals surface area contributed by atoms with Gasteiger partial charge in [0.2, 0.25) is 12.7 Å². The van der Waals surface area contributed by atoms with Crippen LogP contribution in [-0.4, -0.2) is 93.8 Å². The highest BCUT2D eigenvalue weighted by molar-refractivity contribution is 7.93. The van der Waals surface area contributed by atoms with Crippen molar-refractivity contribution in [2.75, 3.05) is 54.1 Å². The van der Waals surface area contributed by atoms with Crippen LogP contribution in [0.4, 0.5) is 0 Å². The number of nitrogens with zero attached hydrogens (tertiary/aromatic N) is 2. The largest absolute Gasteiger partial charge is 0.468 e. The highest BCUT2D eigenvalue weighted by Crippen LogP contribution is 2.49. The number of ether oxygens (including phenoxy) is 4. The van der Waals surface area contributed by atoms with Crippen LogP contribution in [0.2, 0.25) is 0 Å². The molecule has 13 heteroatoms. The van der Waals surface area contributed by atoms with E-state index in [1.807, 2.05) is 6.92 Å². The number of hydrogen-bond acceptors (Lipinski definition) is 12. The van der Waals surface area contributed by atoms with E-state index in [0.29, 0.717) is 39.3 Å². The Morgan fingerprint density at radius 2 is 1.06 bits per heavy atom. The third kappa shape index (κ3) is 9.97. The van der Waals surface area contributed by atoms with Gasteiger partial charge in [-0.1, -0.05) is 68.1 Å². The lowest BCUT2D eigenvalue weighted by atomic mass is 9.88. The Hall–Kier alpha value is -4.64. The molecule has 12 nitrogen and oxygen atoms in total. The van der Waals surface area contributed by atoms with Crippen LogP contribution in [0.3, 0.4) is 0 Å². The average Bonchev–Trinajstić information content (AvgIpc) is 3.11. The van der Waals surface area contributed by atoms with E-state index >= 15 is 9.36 Å². The van der Waals surface area contributed by atoms with Crippen molar-refractivity contribution in [1.29, 1.82) is 0 Å². The summed E-state index contributed by atoms with van der Waals surface area (Å²) in [5.41, 5.74) is 2.72. The molecule has 0 saturated carbocycles. The number of rotatable bonds is 18. The Kier molecular flexibility index (Phi) is 16.2. The van der Waals surface area contributed by atoms with Gasteiger partial charge in [-0.25, -0.2) is 0 Å². The van der Waals surface area contributed by atoms with Gasteiger partial charge in [0.15, 0.2) is 0 Å². The molecule has 50 heavy (non-hydrogen) atoms. The predicted octanol–water partition coefficient (Wildman–Crippen LogP) is 3.70. The van der Waals surface area contributed by atoms with Gasteiger partial charge in [0.05, 0.1) is 41.0 Å². The van der Waals surface area contributed by atoms with Crippen LogP contribution >= 0.6 is 7.14 Å². The molecule has 0 aliphatic rings. The molecule has 0 bridgehead atoms. The van der Waals surface area contributed by atoms with Gasteiger partial charge in [-0.2, -0.15) is 0 Å². The highest BCUT2D eigenvalue weighted by atomic mass is 31.2. The van der Waals surface area contributed by atoms with Gasteiger partial charge in [0, 0.05) is 35.8 Å². The summed E-state index contributed by atoms with van der Waals surface area (Å²) in [5.74, 6) is -1.69. The molecule has 0 aliphatic heterocycles. The zero-order chi connectivity index (χ0) is 36.1. The number of esters is 3. The molecule has 0 amide bonds. The Bertz CT molecular complexity index is 1630. The lowest BCUT2D eigenvalue weighted by Crippen LogP contribution is -2.36. The van der Waals surface area contributed by atoms with Crippen LogP contribution in [0.15, 0.2) is 60.7 Å². The second kappa shape index (κ2) is 19.5. The first kappa shape index (κ1) is 41.5. The number of hydrogen-bond donors (Lipinski definition) is 0. The molecule has 0 N–H and O–H groups in total. The Morgan fingerprint density at radius 3 is 1.46 bits per heavy atom. The van der Waals surface area contributed by atoms with E-state index in [9.17, 15) is 19.2 Å². The van der Waals surface area contributed by atoms with Crippen molar-refractivity contribution in [2.24, 2.45) is 0 Å². The van der Waals surface area contributed by atoms with Gasteiger partial charge in [-0.15, -0.1) is 0 Å². The van der Waals surface area contributed by atoms with Crippen molar-refractivity contribution >= 4 is 47.7 Å². The fourth-order valence-electron chi connectivity index (χ4n) is 5.74. The van der Waals surface area contributed by atoms with E-state index in [2.05, 4.69) is 0 Å². The van der Waals surface area contributed by atoms with Gasteiger partial charge in [-0.3, -0.25) is 33.8 Å². The molecule has 0 radical (unpaired) electrons. The van der Waals surface area contributed by atoms with Crippen molar-refractivity contribution in [3.8, 4) is 0 Å². The minimum absolute atomic E-state index is 0. The Labute approximate surface area is 294 Å². The summed E-state index contributed by atoms with van der Waals surface area (Å²) < 4.78 is 34.9. The molecule has 0 aromatic heterocycles. The normalized spacial score (nSPS) is 11.0. The second-order valence-electron chi connectivity index (χ2n) is 11.3. The molecule has 0 spiro atoms. The summed E-state index contributed by atoms with van der Waals surface area (Å²) in [6.45, 7) is 5.36. The van der Waals surface area contributed by atoms with E-state index in [1.54, 1.807) is 84.3 Å². The van der Waals surface area contributed by atoms with Crippen molar-refractivity contribution in [2.45, 2.75) is 41.3 Å². The lowest BCUT2D eigenvalue weighted by molar-refractivity contribution is -0.146. The van der Waals surface area contributed by atoms with Gasteiger partial charge >= 0.3 is 17.9 Å². The van der Waals surface area contributed by atoms with Crippen molar-refractivity contribution in [3.63, 3.8) is 0 Å². The van der Waals surface area contributed by atoms with Gasteiger partial charge < -0.3 is 23.5 Å². The first-order valence-electron chi connectivity index (χ1n) is 15.5. The first-order chi connectivity index (χ1) is 23.4. The molecule has 0 heterocycles. The topological polar surface area (TPSA) is 146 Å². The lowest BCUT2D eigenvalue weighted by Gasteiger charge is -2.29. The fourth-order valence-corrected chi connectivity index (χ4v) is 8.34. The molecule has 3 aromatic carbocycles. The van der Waals surface area contributed by atoms with E-state index in [0.717, 1.165) is 5.56 Å². The second-order valence-corrected chi connectivity index (χ2v) is 14.0. The number of methoxy groups -OCH3 is 3. The standard InChI is InChI=1S/C36H43N2O10P.CH4/c1-25-30(19-37(17-18-48-24-39)21-32(40)45-4)26(2)35(27(3)31(25)20-38(22-33(41)46-5)23-34(42)47-6)36(43)49(44,28-13-9-7-10-14-28)29-15-11-8-12-16-29;/h7-16,24H,17-23H2,1-6H3;1H4. The van der Waals surface area contributed by atoms with Gasteiger partial charge in [-0.05, 0) is 48.6 Å². The SMILES string of the molecule is C.COC(=O)CN(CCOC=O)Cc1c(C)c(CN(CC(=O)OC)CC(=O)OC)c(C)c(C(=O)P(=O)(c2ccccc2)c2ccccc2)c1C. The average molecular weight is 711 g/mol. The zero-order valence-corrected chi connectivity index (χ0v) is 29.6. The summed E-state index contributed by atoms with van der Waals surface area (Å²) in [7, 11) is -0.218. The van der Waals surface area contributed by atoms with Crippen LogP contribution in [0.1, 0.15) is 45.6 Å². The van der Waals surface area contributed by atoms with Crippen LogP contribution < -0.4 is 10.6 Å². The summed E-state index contributed by atoms with van der Waals surface area (Å²) in [5, 5.41) is 0.732. The summed E-state index contributed by atoms with van der Waals surface area (Å²) in [6, 6.07) is 17.2. The molecule has 0 saturated heterocycles. The molecular weight excluding hydrogens is 663 g/mol. The van der Waals surface area contributed by atoms with Crippen LogP contribution in [0.25, 0.3) is 0 Å². The van der Waals surface area contributed by atoms with Crippen molar-refractivity contribution < 1.29 is 47.5 Å². The number of carbonyl (C=O) groups is 5. The fraction of sp³-hybridized carbons (Fsp3) is 0.378. The minimum atomic E-state index is -3.97. The summed E-state index contributed by atoms with van der Waals surface area (Å²) in [4.78, 5) is 66.4. The molecule has 0 unspecified atom stereocenters. The zero-order valence-electron chi connectivity index (χ0n) is 28.7. The number of carbonyl (C=O) groups excluding carboxylic acids is 5. The molecular formula is C37H47N2O10P. The van der Waals surface area contributed by atoms with Crippen molar-refractivity contribution in [3.05, 3.63) is 94.0 Å². The third-order valence-corrected chi connectivity index (χ3v) is 11.2. The maximum absolute atomic E-state index is 15.3. The highest BCUT2D eigenvalue weighted by Gasteiger charge is 2.39. The summed E-state index contributed by atoms with van der Waals surface area (Å²) >= 11 is 0. The van der Waals surface area contributed by atoms with Crippen LogP contribution in [0.5, 0.6) is 0 Å².